The highest BCUT2D eigenvalue weighted by Gasteiger charge is 2.22. The van der Waals surface area contributed by atoms with E-state index in [1.165, 1.54) is 18.4 Å². The third-order valence-electron chi connectivity index (χ3n) is 2.72. The van der Waals surface area contributed by atoms with Gasteiger partial charge >= 0.3 is 5.97 Å². The fourth-order valence-electron chi connectivity index (χ4n) is 1.74. The van der Waals surface area contributed by atoms with Crippen LogP contribution in [0.1, 0.15) is 20.1 Å². The molecule has 110 valence electrons. The summed E-state index contributed by atoms with van der Waals surface area (Å²) in [5, 5.41) is 12.7. The number of thiophene rings is 2. The van der Waals surface area contributed by atoms with E-state index in [4.69, 9.17) is 27.3 Å². The van der Waals surface area contributed by atoms with Crippen molar-refractivity contribution in [1.29, 1.82) is 5.26 Å². The van der Waals surface area contributed by atoms with E-state index in [0.717, 1.165) is 27.0 Å². The minimum Gasteiger partial charge on any atom is -0.465 e. The zero-order valence-electron chi connectivity index (χ0n) is 11.1. The van der Waals surface area contributed by atoms with Gasteiger partial charge in [0.15, 0.2) is 0 Å². The number of rotatable bonds is 5. The molecule has 0 spiro atoms. The Hall–Kier alpha value is -1.75. The van der Waals surface area contributed by atoms with E-state index in [-0.39, 0.29) is 11.3 Å². The zero-order chi connectivity index (χ0) is 15.4. The van der Waals surface area contributed by atoms with Gasteiger partial charge < -0.3 is 15.8 Å². The lowest BCUT2D eigenvalue weighted by atomic mass is 10.2. The van der Waals surface area contributed by atoms with E-state index in [9.17, 15) is 4.79 Å². The largest absolute Gasteiger partial charge is 0.465 e. The number of nitrogens with one attached hydrogen (secondary N) is 1. The number of esters is 1. The first kappa shape index (κ1) is 15.6. The van der Waals surface area contributed by atoms with E-state index in [1.807, 2.05) is 18.2 Å². The molecule has 2 rings (SSSR count). The Morgan fingerprint density at radius 2 is 2.29 bits per heavy atom. The molecule has 0 saturated carbocycles. The quantitative estimate of drug-likeness (QED) is 0.814. The van der Waals surface area contributed by atoms with Crippen molar-refractivity contribution in [2.24, 2.45) is 0 Å². The molecule has 2 aromatic heterocycles. The summed E-state index contributed by atoms with van der Waals surface area (Å²) in [6.07, 6.45) is 0.762. The van der Waals surface area contributed by atoms with E-state index in [1.54, 1.807) is 0 Å². The molecule has 0 unspecified atom stereocenters. The molecule has 0 amide bonds. The van der Waals surface area contributed by atoms with Gasteiger partial charge in [0.25, 0.3) is 0 Å². The molecule has 0 aliphatic heterocycles. The van der Waals surface area contributed by atoms with Gasteiger partial charge in [-0.25, -0.2) is 4.79 Å². The molecule has 21 heavy (non-hydrogen) atoms. The summed E-state index contributed by atoms with van der Waals surface area (Å²) in [4.78, 5) is 13.2. The molecular weight excluding hydrogens is 330 g/mol. The second-order valence-corrected chi connectivity index (χ2v) is 6.86. The number of hydrogen-bond acceptors (Lipinski definition) is 7. The topological polar surface area (TPSA) is 88.1 Å². The van der Waals surface area contributed by atoms with Crippen LogP contribution in [-0.4, -0.2) is 19.6 Å². The van der Waals surface area contributed by atoms with E-state index in [2.05, 4.69) is 5.32 Å². The Kier molecular flexibility index (Phi) is 5.07. The van der Waals surface area contributed by atoms with Crippen LogP contribution in [0.4, 0.5) is 10.7 Å². The van der Waals surface area contributed by atoms with Crippen molar-refractivity contribution in [1.82, 2.24) is 0 Å². The average Bonchev–Trinajstić information content (AvgIpc) is 3.02. The minimum atomic E-state index is -0.549. The lowest BCUT2D eigenvalue weighted by Crippen LogP contribution is -2.09. The number of methoxy groups -OCH3 is 1. The number of nitrogens with zero attached hydrogens (tertiary/aromatic N) is 1. The second kappa shape index (κ2) is 6.80. The highest BCUT2D eigenvalue weighted by atomic mass is 35.5. The fraction of sp³-hybridized carbons (Fsp3) is 0.231. The van der Waals surface area contributed by atoms with Crippen molar-refractivity contribution in [2.45, 2.75) is 6.42 Å². The molecule has 5 nitrogen and oxygen atoms in total. The maximum absolute atomic E-state index is 11.8. The van der Waals surface area contributed by atoms with Gasteiger partial charge in [-0.3, -0.25) is 0 Å². The number of nitriles is 1. The highest BCUT2D eigenvalue weighted by molar-refractivity contribution is 7.17. The van der Waals surface area contributed by atoms with Gasteiger partial charge in [0.2, 0.25) is 0 Å². The van der Waals surface area contributed by atoms with Crippen LogP contribution in [0.5, 0.6) is 0 Å². The maximum atomic E-state index is 11.8. The third kappa shape index (κ3) is 3.47. The van der Waals surface area contributed by atoms with Gasteiger partial charge in [-0.1, -0.05) is 11.6 Å². The van der Waals surface area contributed by atoms with Gasteiger partial charge in [0.1, 0.15) is 21.5 Å². The summed E-state index contributed by atoms with van der Waals surface area (Å²) in [5.41, 5.74) is 6.20. The van der Waals surface area contributed by atoms with Crippen LogP contribution in [-0.2, 0) is 11.2 Å². The lowest BCUT2D eigenvalue weighted by Gasteiger charge is -2.06. The van der Waals surface area contributed by atoms with Crippen molar-refractivity contribution in [2.75, 3.05) is 24.7 Å². The summed E-state index contributed by atoms with van der Waals surface area (Å²) >= 11 is 8.53. The summed E-state index contributed by atoms with van der Waals surface area (Å²) in [6, 6.07) is 5.78. The van der Waals surface area contributed by atoms with Crippen molar-refractivity contribution in [3.63, 3.8) is 0 Å². The molecule has 8 heteroatoms. The Morgan fingerprint density at radius 3 is 2.86 bits per heavy atom. The van der Waals surface area contributed by atoms with Crippen molar-refractivity contribution < 1.29 is 9.53 Å². The molecule has 3 N–H and O–H groups in total. The Labute approximate surface area is 134 Å². The van der Waals surface area contributed by atoms with Crippen LogP contribution < -0.4 is 11.1 Å². The van der Waals surface area contributed by atoms with Gasteiger partial charge in [-0.05, 0) is 18.6 Å². The molecule has 0 aliphatic rings. The van der Waals surface area contributed by atoms with Crippen molar-refractivity contribution >= 4 is 50.9 Å². The number of anilines is 2. The molecule has 0 radical (unpaired) electrons. The van der Waals surface area contributed by atoms with Gasteiger partial charge in [0, 0.05) is 11.4 Å². The molecule has 0 saturated heterocycles. The van der Waals surface area contributed by atoms with Crippen LogP contribution in [0.3, 0.4) is 0 Å². The second-order valence-electron chi connectivity index (χ2n) is 4.03. The summed E-state index contributed by atoms with van der Waals surface area (Å²) in [6.45, 7) is 0.603. The average molecular weight is 342 g/mol. The number of ether oxygens (including phenoxy) is 1. The lowest BCUT2D eigenvalue weighted by molar-refractivity contribution is 0.0603. The van der Waals surface area contributed by atoms with E-state index in [0.29, 0.717) is 16.4 Å². The first-order chi connectivity index (χ1) is 10.1. The summed E-state index contributed by atoms with van der Waals surface area (Å²) < 4.78 is 5.45. The number of nitrogens with two attached hydrogens (primary N) is 1. The molecular formula is C13H12ClN3O2S2. The smallest absolute Gasteiger partial charge is 0.343 e. The Morgan fingerprint density at radius 1 is 1.52 bits per heavy atom. The Bertz CT molecular complexity index is 703. The van der Waals surface area contributed by atoms with Gasteiger partial charge in [-0.15, -0.1) is 22.7 Å². The molecule has 0 aliphatic carbocycles. The highest BCUT2D eigenvalue weighted by Crippen LogP contribution is 2.35. The number of halogens is 1. The SMILES string of the molecule is COC(=O)c1c(NCCc2ccc(Cl)s2)sc(C#N)c1N. The van der Waals surface area contributed by atoms with Crippen LogP contribution in [0, 0.1) is 11.3 Å². The number of carbonyl (C=O) groups excluding carboxylic acids is 1. The number of nitrogen functional groups attached to an aromatic ring is 1. The molecule has 2 aromatic rings. The molecule has 2 heterocycles. The summed E-state index contributed by atoms with van der Waals surface area (Å²) in [5.74, 6) is -0.549. The third-order valence-corrected chi connectivity index (χ3v) is 5.08. The fourth-order valence-corrected chi connectivity index (χ4v) is 3.76. The van der Waals surface area contributed by atoms with Gasteiger partial charge in [-0.2, -0.15) is 5.26 Å². The zero-order valence-corrected chi connectivity index (χ0v) is 13.5. The predicted octanol–water partition coefficient (Wildman–Crippen LogP) is 3.36. The first-order valence-electron chi connectivity index (χ1n) is 5.95. The maximum Gasteiger partial charge on any atom is 0.343 e. The molecule has 0 fully saturated rings. The summed E-state index contributed by atoms with van der Waals surface area (Å²) in [7, 11) is 1.28. The van der Waals surface area contributed by atoms with Crippen LogP contribution in [0.2, 0.25) is 4.34 Å². The van der Waals surface area contributed by atoms with Crippen LogP contribution in [0.25, 0.3) is 0 Å². The van der Waals surface area contributed by atoms with Crippen molar-refractivity contribution in [3.05, 3.63) is 31.8 Å². The first-order valence-corrected chi connectivity index (χ1v) is 7.96. The van der Waals surface area contributed by atoms with Gasteiger partial charge in [0.05, 0.1) is 17.1 Å². The molecule has 0 aromatic carbocycles. The van der Waals surface area contributed by atoms with Crippen molar-refractivity contribution in [3.8, 4) is 6.07 Å². The van der Waals surface area contributed by atoms with Crippen LogP contribution >= 0.6 is 34.3 Å². The number of carbonyl (C=O) groups is 1. The normalized spacial score (nSPS) is 10.1. The molecule has 0 atom stereocenters. The van der Waals surface area contributed by atoms with E-state index >= 15 is 0 Å². The van der Waals surface area contributed by atoms with E-state index < -0.39 is 5.97 Å². The minimum absolute atomic E-state index is 0.163. The van der Waals surface area contributed by atoms with Crippen LogP contribution in [0.15, 0.2) is 12.1 Å². The standard InChI is InChI=1S/C13H12ClN3O2S2/c1-19-13(18)10-11(16)8(6-15)21-12(10)17-5-4-7-2-3-9(14)20-7/h2-3,17H,4-5,16H2,1H3. The molecule has 0 bridgehead atoms. The Balaban J connectivity index is 2.12. The monoisotopic (exact) mass is 341 g/mol. The predicted molar refractivity (Wildman–Crippen MR) is 86.3 cm³/mol. The number of hydrogen-bond donors (Lipinski definition) is 2.